The summed E-state index contributed by atoms with van der Waals surface area (Å²) >= 11 is 0. The number of fused-ring (bicyclic) bond motifs is 1. The average molecular weight is 285 g/mol. The van der Waals surface area contributed by atoms with Crippen LogP contribution in [-0.2, 0) is 19.4 Å². The highest BCUT2D eigenvalue weighted by atomic mass is 16.5. The number of nitrogens with zero attached hydrogens (tertiary/aromatic N) is 2. The van der Waals surface area contributed by atoms with E-state index < -0.39 is 0 Å². The topological polar surface area (TPSA) is 70.1 Å². The van der Waals surface area contributed by atoms with Gasteiger partial charge in [0.1, 0.15) is 11.4 Å². The summed E-state index contributed by atoms with van der Waals surface area (Å²) in [4.78, 5) is 16.3. The molecule has 1 aliphatic heterocycles. The summed E-state index contributed by atoms with van der Waals surface area (Å²) in [7, 11) is 0. The number of aryl methyl sites for hydroxylation is 1. The SMILES string of the molecule is NCCn1cnc(C(=O)CCc2ccc3c(c2)CCO3)c1. The van der Waals surface area contributed by atoms with Gasteiger partial charge in [-0.1, -0.05) is 12.1 Å². The molecule has 110 valence electrons. The summed E-state index contributed by atoms with van der Waals surface area (Å²) in [6, 6.07) is 6.17. The Morgan fingerprint density at radius 2 is 2.33 bits per heavy atom. The van der Waals surface area contributed by atoms with Gasteiger partial charge in [-0.25, -0.2) is 4.98 Å². The number of imidazole rings is 1. The zero-order valence-corrected chi connectivity index (χ0v) is 11.9. The van der Waals surface area contributed by atoms with E-state index in [2.05, 4.69) is 11.1 Å². The summed E-state index contributed by atoms with van der Waals surface area (Å²) in [6.07, 6.45) is 5.59. The Morgan fingerprint density at radius 3 is 3.19 bits per heavy atom. The molecule has 21 heavy (non-hydrogen) atoms. The summed E-state index contributed by atoms with van der Waals surface area (Å²) in [6.45, 7) is 1.99. The molecule has 0 saturated carbocycles. The lowest BCUT2D eigenvalue weighted by Gasteiger charge is -2.03. The number of benzene rings is 1. The first-order valence-electron chi connectivity index (χ1n) is 7.26. The second-order valence-corrected chi connectivity index (χ2v) is 5.25. The Bertz CT molecular complexity index is 649. The zero-order valence-electron chi connectivity index (χ0n) is 11.9. The number of hydrogen-bond donors (Lipinski definition) is 1. The molecule has 0 atom stereocenters. The molecule has 2 heterocycles. The van der Waals surface area contributed by atoms with E-state index in [1.807, 2.05) is 16.7 Å². The van der Waals surface area contributed by atoms with Crippen molar-refractivity contribution in [3.05, 3.63) is 47.5 Å². The number of carbonyl (C=O) groups is 1. The van der Waals surface area contributed by atoms with Gasteiger partial charge >= 0.3 is 0 Å². The average Bonchev–Trinajstić information content (AvgIpc) is 3.13. The minimum absolute atomic E-state index is 0.0718. The van der Waals surface area contributed by atoms with Crippen molar-refractivity contribution in [2.75, 3.05) is 13.2 Å². The normalized spacial score (nSPS) is 13.0. The molecule has 1 aromatic heterocycles. The van der Waals surface area contributed by atoms with Crippen molar-refractivity contribution in [3.63, 3.8) is 0 Å². The summed E-state index contributed by atoms with van der Waals surface area (Å²) in [5, 5.41) is 0. The fourth-order valence-electron chi connectivity index (χ4n) is 2.56. The standard InChI is InChI=1S/C16H19N3O2/c17-6-7-19-10-14(18-11-19)15(20)3-1-12-2-4-16-13(9-12)5-8-21-16/h2,4,9-11H,1,3,5-8,17H2. The maximum absolute atomic E-state index is 12.1. The van der Waals surface area contributed by atoms with Crippen molar-refractivity contribution in [3.8, 4) is 5.75 Å². The van der Waals surface area contributed by atoms with Crippen LogP contribution in [0.1, 0.15) is 28.0 Å². The molecule has 2 N–H and O–H groups in total. The van der Waals surface area contributed by atoms with Crippen LogP contribution >= 0.6 is 0 Å². The monoisotopic (exact) mass is 285 g/mol. The number of ether oxygens (including phenoxy) is 1. The van der Waals surface area contributed by atoms with E-state index >= 15 is 0 Å². The Balaban J connectivity index is 1.60. The summed E-state index contributed by atoms with van der Waals surface area (Å²) in [5.41, 5.74) is 8.42. The van der Waals surface area contributed by atoms with Gasteiger partial charge in [-0.15, -0.1) is 0 Å². The lowest BCUT2D eigenvalue weighted by atomic mass is 10.0. The minimum atomic E-state index is 0.0718. The van der Waals surface area contributed by atoms with E-state index in [0.29, 0.717) is 25.2 Å². The van der Waals surface area contributed by atoms with Gasteiger partial charge in [0.15, 0.2) is 5.78 Å². The third-order valence-electron chi connectivity index (χ3n) is 3.70. The number of nitrogens with two attached hydrogens (primary N) is 1. The third-order valence-corrected chi connectivity index (χ3v) is 3.70. The molecule has 0 amide bonds. The summed E-state index contributed by atoms with van der Waals surface area (Å²) < 4.78 is 7.33. The predicted octanol–water partition coefficient (Wildman–Crippen LogP) is 1.59. The molecular formula is C16H19N3O2. The van der Waals surface area contributed by atoms with Gasteiger partial charge in [0.2, 0.25) is 0 Å². The van der Waals surface area contributed by atoms with Crippen molar-refractivity contribution in [1.82, 2.24) is 9.55 Å². The smallest absolute Gasteiger partial charge is 0.183 e. The van der Waals surface area contributed by atoms with Gasteiger partial charge in [0.05, 0.1) is 12.9 Å². The van der Waals surface area contributed by atoms with E-state index in [9.17, 15) is 4.79 Å². The largest absolute Gasteiger partial charge is 0.493 e. The molecule has 0 fully saturated rings. The number of carbonyl (C=O) groups excluding carboxylic acids is 1. The van der Waals surface area contributed by atoms with Gasteiger partial charge in [-0.2, -0.15) is 0 Å². The van der Waals surface area contributed by atoms with E-state index in [4.69, 9.17) is 10.5 Å². The quantitative estimate of drug-likeness (QED) is 0.818. The predicted molar refractivity (Wildman–Crippen MR) is 79.6 cm³/mol. The Kier molecular flexibility index (Phi) is 4.01. The molecule has 2 aromatic rings. The van der Waals surface area contributed by atoms with E-state index in [1.54, 1.807) is 12.5 Å². The zero-order chi connectivity index (χ0) is 14.7. The van der Waals surface area contributed by atoms with Crippen LogP contribution in [0.4, 0.5) is 0 Å². The third kappa shape index (κ3) is 3.13. The van der Waals surface area contributed by atoms with Crippen LogP contribution in [0.15, 0.2) is 30.7 Å². The van der Waals surface area contributed by atoms with Crippen molar-refractivity contribution in [1.29, 1.82) is 0 Å². The fourth-order valence-corrected chi connectivity index (χ4v) is 2.56. The maximum atomic E-state index is 12.1. The van der Waals surface area contributed by atoms with Crippen LogP contribution in [0.5, 0.6) is 5.75 Å². The molecule has 0 saturated heterocycles. The van der Waals surface area contributed by atoms with Gasteiger partial charge in [-0.05, 0) is 23.6 Å². The number of hydrogen-bond acceptors (Lipinski definition) is 4. The van der Waals surface area contributed by atoms with E-state index in [-0.39, 0.29) is 5.78 Å². The first-order chi connectivity index (χ1) is 10.3. The highest BCUT2D eigenvalue weighted by Crippen LogP contribution is 2.26. The number of Topliss-reactive ketones (excluding diaryl/α,β-unsaturated/α-hetero) is 1. The molecule has 0 unspecified atom stereocenters. The van der Waals surface area contributed by atoms with Crippen molar-refractivity contribution >= 4 is 5.78 Å². The molecular weight excluding hydrogens is 266 g/mol. The Morgan fingerprint density at radius 1 is 1.43 bits per heavy atom. The van der Waals surface area contributed by atoms with Gasteiger partial charge < -0.3 is 15.0 Å². The van der Waals surface area contributed by atoms with Crippen molar-refractivity contribution < 1.29 is 9.53 Å². The number of ketones is 1. The summed E-state index contributed by atoms with van der Waals surface area (Å²) in [5.74, 6) is 1.05. The fraction of sp³-hybridized carbons (Fsp3) is 0.375. The van der Waals surface area contributed by atoms with Gasteiger partial charge in [-0.3, -0.25) is 4.79 Å². The number of aromatic nitrogens is 2. The second kappa shape index (κ2) is 6.10. The molecule has 0 radical (unpaired) electrons. The first kappa shape index (κ1) is 13.8. The molecule has 3 rings (SSSR count). The molecule has 5 nitrogen and oxygen atoms in total. The van der Waals surface area contributed by atoms with Crippen LogP contribution in [0.3, 0.4) is 0 Å². The lowest BCUT2D eigenvalue weighted by molar-refractivity contribution is 0.0978. The molecule has 0 aliphatic carbocycles. The van der Waals surface area contributed by atoms with Crippen molar-refractivity contribution in [2.45, 2.75) is 25.8 Å². The maximum Gasteiger partial charge on any atom is 0.183 e. The molecule has 0 spiro atoms. The molecule has 5 heteroatoms. The Hall–Kier alpha value is -2.14. The van der Waals surface area contributed by atoms with Crippen LogP contribution in [-0.4, -0.2) is 28.5 Å². The highest BCUT2D eigenvalue weighted by Gasteiger charge is 2.13. The molecule has 0 bridgehead atoms. The van der Waals surface area contributed by atoms with Crippen LogP contribution < -0.4 is 10.5 Å². The Labute approximate surface area is 123 Å². The number of rotatable bonds is 6. The van der Waals surface area contributed by atoms with Crippen LogP contribution in [0, 0.1) is 0 Å². The van der Waals surface area contributed by atoms with Gasteiger partial charge in [0.25, 0.3) is 0 Å². The van der Waals surface area contributed by atoms with Crippen LogP contribution in [0.2, 0.25) is 0 Å². The van der Waals surface area contributed by atoms with Crippen molar-refractivity contribution in [2.24, 2.45) is 5.73 Å². The molecule has 1 aromatic carbocycles. The second-order valence-electron chi connectivity index (χ2n) is 5.25. The van der Waals surface area contributed by atoms with E-state index in [1.165, 1.54) is 11.1 Å². The minimum Gasteiger partial charge on any atom is -0.493 e. The van der Waals surface area contributed by atoms with Crippen LogP contribution in [0.25, 0.3) is 0 Å². The van der Waals surface area contributed by atoms with Gasteiger partial charge in [0, 0.05) is 32.1 Å². The molecule has 1 aliphatic rings. The van der Waals surface area contributed by atoms with E-state index in [0.717, 1.165) is 25.2 Å². The lowest BCUT2D eigenvalue weighted by Crippen LogP contribution is -2.08. The highest BCUT2D eigenvalue weighted by molar-refractivity contribution is 5.94. The first-order valence-corrected chi connectivity index (χ1v) is 7.26.